The van der Waals surface area contributed by atoms with Gasteiger partial charge in [0.05, 0.1) is 18.4 Å². The Morgan fingerprint density at radius 3 is 2.83 bits per heavy atom. The van der Waals surface area contributed by atoms with E-state index in [0.29, 0.717) is 15.7 Å². The zero-order valence-electron chi connectivity index (χ0n) is 15.9. The Kier molecular flexibility index (Phi) is 5.96. The highest BCUT2D eigenvalue weighted by atomic mass is 32.2. The first kappa shape index (κ1) is 19.7. The number of aryl methyl sites for hydroxylation is 1. The molecular formula is C20H20N4O3S2. The van der Waals surface area contributed by atoms with Gasteiger partial charge in [0.25, 0.3) is 0 Å². The molecule has 0 saturated carbocycles. The van der Waals surface area contributed by atoms with E-state index in [1.54, 1.807) is 6.33 Å². The lowest BCUT2D eigenvalue weighted by atomic mass is 9.95. The van der Waals surface area contributed by atoms with Crippen molar-refractivity contribution in [3.8, 4) is 5.69 Å². The number of hydrogen-bond donors (Lipinski definition) is 1. The number of rotatable bonds is 6. The number of thiophene rings is 1. The summed E-state index contributed by atoms with van der Waals surface area (Å²) >= 11 is 2.78. The Morgan fingerprint density at radius 2 is 2.03 bits per heavy atom. The lowest BCUT2D eigenvalue weighted by molar-refractivity contribution is -0.113. The van der Waals surface area contributed by atoms with Gasteiger partial charge in [0, 0.05) is 10.6 Å². The van der Waals surface area contributed by atoms with E-state index in [2.05, 4.69) is 15.5 Å². The van der Waals surface area contributed by atoms with Crippen molar-refractivity contribution in [3.05, 3.63) is 52.7 Å². The SMILES string of the molecule is COC(=O)c1c(NC(=O)CSc2nncn2-c2ccccc2)sc2c1CCCC2. The molecule has 1 aliphatic rings. The smallest absolute Gasteiger partial charge is 0.341 e. The third-order valence-electron chi connectivity index (χ3n) is 4.70. The first-order chi connectivity index (χ1) is 14.2. The van der Waals surface area contributed by atoms with Gasteiger partial charge in [-0.3, -0.25) is 9.36 Å². The fourth-order valence-corrected chi connectivity index (χ4v) is 5.38. The van der Waals surface area contributed by atoms with Crippen molar-refractivity contribution in [2.45, 2.75) is 30.8 Å². The number of thioether (sulfide) groups is 1. The Balaban J connectivity index is 1.47. The van der Waals surface area contributed by atoms with E-state index in [1.807, 2.05) is 34.9 Å². The molecule has 1 amide bonds. The Bertz CT molecular complexity index is 1030. The third kappa shape index (κ3) is 4.20. The summed E-state index contributed by atoms with van der Waals surface area (Å²) in [6.45, 7) is 0. The zero-order chi connectivity index (χ0) is 20.2. The number of esters is 1. The topological polar surface area (TPSA) is 86.1 Å². The highest BCUT2D eigenvalue weighted by Crippen LogP contribution is 2.38. The van der Waals surface area contributed by atoms with Crippen molar-refractivity contribution in [3.63, 3.8) is 0 Å². The van der Waals surface area contributed by atoms with Gasteiger partial charge in [-0.05, 0) is 43.4 Å². The fourth-order valence-electron chi connectivity index (χ4n) is 3.35. The van der Waals surface area contributed by atoms with Gasteiger partial charge in [0.1, 0.15) is 11.3 Å². The van der Waals surface area contributed by atoms with E-state index in [4.69, 9.17) is 4.74 Å². The van der Waals surface area contributed by atoms with E-state index < -0.39 is 5.97 Å². The minimum Gasteiger partial charge on any atom is -0.465 e. The summed E-state index contributed by atoms with van der Waals surface area (Å²) in [6, 6.07) is 9.71. The number of nitrogens with one attached hydrogen (secondary N) is 1. The predicted molar refractivity (Wildman–Crippen MR) is 113 cm³/mol. The maximum absolute atomic E-state index is 12.6. The van der Waals surface area contributed by atoms with E-state index >= 15 is 0 Å². The molecule has 0 bridgehead atoms. The van der Waals surface area contributed by atoms with E-state index in [9.17, 15) is 9.59 Å². The normalized spacial score (nSPS) is 13.0. The van der Waals surface area contributed by atoms with Crippen molar-refractivity contribution in [1.82, 2.24) is 14.8 Å². The summed E-state index contributed by atoms with van der Waals surface area (Å²) in [5.74, 6) is -0.424. The largest absolute Gasteiger partial charge is 0.465 e. The second kappa shape index (κ2) is 8.79. The molecule has 2 aromatic heterocycles. The molecule has 29 heavy (non-hydrogen) atoms. The maximum atomic E-state index is 12.6. The number of hydrogen-bond acceptors (Lipinski definition) is 7. The minimum atomic E-state index is -0.392. The second-order valence-electron chi connectivity index (χ2n) is 6.56. The second-order valence-corrected chi connectivity index (χ2v) is 8.61. The third-order valence-corrected chi connectivity index (χ3v) is 6.85. The number of amides is 1. The molecule has 0 radical (unpaired) electrons. The van der Waals surface area contributed by atoms with Crippen LogP contribution in [0, 0.1) is 0 Å². The van der Waals surface area contributed by atoms with E-state index in [1.165, 1.54) is 35.1 Å². The molecule has 0 atom stereocenters. The van der Waals surface area contributed by atoms with Crippen LogP contribution in [0.1, 0.15) is 33.6 Å². The van der Waals surface area contributed by atoms with Gasteiger partial charge in [-0.1, -0.05) is 30.0 Å². The van der Waals surface area contributed by atoms with Crippen molar-refractivity contribution in [2.75, 3.05) is 18.2 Å². The number of nitrogens with zero attached hydrogens (tertiary/aromatic N) is 3. The van der Waals surface area contributed by atoms with Crippen LogP contribution in [0.25, 0.3) is 5.69 Å². The molecule has 1 aromatic carbocycles. The van der Waals surface area contributed by atoms with Crippen molar-refractivity contribution < 1.29 is 14.3 Å². The van der Waals surface area contributed by atoms with E-state index in [-0.39, 0.29) is 11.7 Å². The number of methoxy groups -OCH3 is 1. The number of aromatic nitrogens is 3. The Labute approximate surface area is 176 Å². The number of ether oxygens (including phenoxy) is 1. The van der Waals surface area contributed by atoms with Crippen LogP contribution in [-0.4, -0.2) is 39.5 Å². The fraction of sp³-hybridized carbons (Fsp3) is 0.300. The number of carbonyl (C=O) groups excluding carboxylic acids is 2. The first-order valence-corrected chi connectivity index (χ1v) is 11.1. The maximum Gasteiger partial charge on any atom is 0.341 e. The van der Waals surface area contributed by atoms with Crippen LogP contribution >= 0.6 is 23.1 Å². The van der Waals surface area contributed by atoms with Gasteiger partial charge in [-0.2, -0.15) is 0 Å². The molecule has 0 fully saturated rings. The molecule has 0 unspecified atom stereocenters. The number of anilines is 1. The summed E-state index contributed by atoms with van der Waals surface area (Å²) in [5, 5.41) is 12.2. The molecule has 150 valence electrons. The number of carbonyl (C=O) groups is 2. The van der Waals surface area contributed by atoms with Crippen LogP contribution < -0.4 is 5.32 Å². The van der Waals surface area contributed by atoms with Gasteiger partial charge in [-0.25, -0.2) is 4.79 Å². The number of fused-ring (bicyclic) bond motifs is 1. The lowest BCUT2D eigenvalue weighted by Gasteiger charge is -2.11. The number of benzene rings is 1. The van der Waals surface area contributed by atoms with Crippen molar-refractivity contribution in [1.29, 1.82) is 0 Å². The molecule has 3 aromatic rings. The monoisotopic (exact) mass is 428 g/mol. The van der Waals surface area contributed by atoms with E-state index in [0.717, 1.165) is 36.9 Å². The number of para-hydroxylation sites is 1. The lowest BCUT2D eigenvalue weighted by Crippen LogP contribution is -2.17. The zero-order valence-corrected chi connectivity index (χ0v) is 17.5. The molecular weight excluding hydrogens is 408 g/mol. The van der Waals surface area contributed by atoms with Gasteiger partial charge >= 0.3 is 5.97 Å². The van der Waals surface area contributed by atoms with Crippen LogP contribution in [0.5, 0.6) is 0 Å². The molecule has 9 heteroatoms. The van der Waals surface area contributed by atoms with Gasteiger partial charge in [-0.15, -0.1) is 21.5 Å². The molecule has 7 nitrogen and oxygen atoms in total. The Morgan fingerprint density at radius 1 is 1.24 bits per heavy atom. The minimum absolute atomic E-state index is 0.161. The van der Waals surface area contributed by atoms with Crippen molar-refractivity contribution >= 4 is 40.0 Å². The molecule has 2 heterocycles. The van der Waals surface area contributed by atoms with Crippen LogP contribution in [-0.2, 0) is 22.4 Å². The molecule has 0 aliphatic heterocycles. The summed E-state index contributed by atoms with van der Waals surface area (Å²) in [7, 11) is 1.37. The summed E-state index contributed by atoms with van der Waals surface area (Å²) in [6.07, 6.45) is 5.56. The highest BCUT2D eigenvalue weighted by Gasteiger charge is 2.27. The molecule has 0 saturated heterocycles. The summed E-state index contributed by atoms with van der Waals surface area (Å²) in [5.41, 5.74) is 2.47. The van der Waals surface area contributed by atoms with Crippen molar-refractivity contribution in [2.24, 2.45) is 0 Å². The molecule has 4 rings (SSSR count). The van der Waals surface area contributed by atoms with Gasteiger partial charge in [0.2, 0.25) is 5.91 Å². The standard InChI is InChI=1S/C20H20N4O3S2/c1-27-19(26)17-14-9-5-6-10-15(14)29-18(17)22-16(25)11-28-20-23-21-12-24(20)13-7-3-2-4-8-13/h2-4,7-8,12H,5-6,9-11H2,1H3,(H,22,25). The van der Waals surface area contributed by atoms with Crippen LogP contribution in [0.3, 0.4) is 0 Å². The quantitative estimate of drug-likeness (QED) is 0.476. The average Bonchev–Trinajstić information content (AvgIpc) is 3.36. The van der Waals surface area contributed by atoms with Gasteiger partial charge in [0.15, 0.2) is 5.16 Å². The summed E-state index contributed by atoms with van der Waals surface area (Å²) < 4.78 is 6.79. The first-order valence-electron chi connectivity index (χ1n) is 9.28. The molecule has 1 N–H and O–H groups in total. The molecule has 1 aliphatic carbocycles. The van der Waals surface area contributed by atoms with Crippen LogP contribution in [0.4, 0.5) is 5.00 Å². The summed E-state index contributed by atoms with van der Waals surface area (Å²) in [4.78, 5) is 26.1. The van der Waals surface area contributed by atoms with Crippen LogP contribution in [0.15, 0.2) is 41.8 Å². The molecule has 0 spiro atoms. The predicted octanol–water partition coefficient (Wildman–Crippen LogP) is 3.73. The Hall–Kier alpha value is -2.65. The average molecular weight is 429 g/mol. The highest BCUT2D eigenvalue weighted by molar-refractivity contribution is 7.99. The van der Waals surface area contributed by atoms with Gasteiger partial charge < -0.3 is 10.1 Å². The van der Waals surface area contributed by atoms with Crippen LogP contribution in [0.2, 0.25) is 0 Å².